The number of hydrogen-bond donors (Lipinski definition) is 3. The molecule has 266 valence electrons. The van der Waals surface area contributed by atoms with Gasteiger partial charge in [-0.1, -0.05) is 32.9 Å². The Morgan fingerprint density at radius 3 is 2.42 bits per heavy atom. The zero-order valence-corrected chi connectivity index (χ0v) is 29.1. The van der Waals surface area contributed by atoms with Crippen LogP contribution >= 0.6 is 0 Å². The van der Waals surface area contributed by atoms with Gasteiger partial charge in [0.05, 0.1) is 43.7 Å². The third-order valence-electron chi connectivity index (χ3n) is 8.29. The lowest BCUT2D eigenvalue weighted by Crippen LogP contribution is -2.55. The number of carbonyl (C=O) groups excluding carboxylic acids is 2. The highest BCUT2D eigenvalue weighted by Gasteiger charge is 2.44. The van der Waals surface area contributed by atoms with Crippen LogP contribution in [0.15, 0.2) is 53.4 Å². The van der Waals surface area contributed by atoms with Gasteiger partial charge >= 0.3 is 6.09 Å². The van der Waals surface area contributed by atoms with Gasteiger partial charge in [-0.2, -0.15) is 4.31 Å². The van der Waals surface area contributed by atoms with Crippen molar-refractivity contribution in [3.63, 3.8) is 0 Å². The van der Waals surface area contributed by atoms with Crippen molar-refractivity contribution in [3.8, 4) is 11.5 Å². The molecule has 0 bridgehead atoms. The minimum absolute atomic E-state index is 0.00883. The van der Waals surface area contributed by atoms with Gasteiger partial charge in [0.15, 0.2) is 6.29 Å². The van der Waals surface area contributed by atoms with Crippen molar-refractivity contribution in [2.24, 2.45) is 17.6 Å². The number of sulfonamides is 1. The lowest BCUT2D eigenvalue weighted by molar-refractivity contribution is -0.121. The predicted molar refractivity (Wildman–Crippen MR) is 179 cm³/mol. The minimum Gasteiger partial charge on any atom is -0.497 e. The molecular weight excluding hydrogens is 640 g/mol. The van der Waals surface area contributed by atoms with Crippen LogP contribution in [0, 0.1) is 11.8 Å². The summed E-state index contributed by atoms with van der Waals surface area (Å²) in [5, 5.41) is 5.74. The Labute approximate surface area is 283 Å². The van der Waals surface area contributed by atoms with Gasteiger partial charge in [-0.3, -0.25) is 4.79 Å². The van der Waals surface area contributed by atoms with Gasteiger partial charge in [0, 0.05) is 25.6 Å². The lowest BCUT2D eigenvalue weighted by Gasteiger charge is -2.31. The average molecular weight is 691 g/mol. The number of alkyl carbamates (subject to hydrolysis) is 1. The van der Waals surface area contributed by atoms with Crippen LogP contribution in [0.25, 0.3) is 0 Å². The number of nitrogens with two attached hydrogens (primary N) is 1. The third kappa shape index (κ3) is 10.5. The number of benzene rings is 2. The smallest absolute Gasteiger partial charge is 0.407 e. The summed E-state index contributed by atoms with van der Waals surface area (Å²) in [7, 11) is -2.41. The first kappa shape index (κ1) is 37.4. The number of rotatable bonds is 18. The third-order valence-corrected chi connectivity index (χ3v) is 10.1. The number of methoxy groups -OCH3 is 1. The first-order valence-electron chi connectivity index (χ1n) is 16.6. The normalized spacial score (nSPS) is 20.3. The Balaban J connectivity index is 1.47. The molecule has 4 rings (SSSR count). The SMILES string of the molecule is CCCC(=O)NCCOc1ccc(C[C@H](NC(=O)O[C@H]2CO[C@H]3OCC[C@H]32)[C@H](N)CN(CC(C)C)S(=O)(=O)c2ccc(OC)cc2)cc1. The Morgan fingerprint density at radius 1 is 1.04 bits per heavy atom. The highest BCUT2D eigenvalue weighted by Crippen LogP contribution is 2.33. The maximum absolute atomic E-state index is 13.8. The van der Waals surface area contributed by atoms with E-state index in [0.717, 1.165) is 18.4 Å². The summed E-state index contributed by atoms with van der Waals surface area (Å²) in [5.41, 5.74) is 7.61. The standard InChI is InChI=1S/C34H50N4O9S/c1-5-6-32(39)36-16-18-44-26-9-7-24(8-10-26)19-30(37-34(40)47-31-22-46-33-28(31)15-17-45-33)29(35)21-38(20-23(2)3)48(41,42)27-13-11-25(43-4)12-14-27/h7-14,23,28-31,33H,5-6,15-22,35H2,1-4H3,(H,36,39)(H,37,40)/t28-,29+,30-,31-,33+/m0/s1. The molecule has 4 N–H and O–H groups in total. The molecular formula is C34H50N4O9S. The first-order valence-corrected chi connectivity index (χ1v) is 18.0. The molecule has 14 heteroatoms. The van der Waals surface area contributed by atoms with Crippen molar-refractivity contribution < 1.29 is 41.7 Å². The van der Waals surface area contributed by atoms with Crippen molar-refractivity contribution in [2.45, 2.75) is 75.8 Å². The van der Waals surface area contributed by atoms with Crippen molar-refractivity contribution in [3.05, 3.63) is 54.1 Å². The second-order valence-electron chi connectivity index (χ2n) is 12.6. The molecule has 2 heterocycles. The van der Waals surface area contributed by atoms with Gasteiger partial charge in [0.1, 0.15) is 24.2 Å². The molecule has 0 saturated carbocycles. The van der Waals surface area contributed by atoms with E-state index in [9.17, 15) is 18.0 Å². The molecule has 2 fully saturated rings. The summed E-state index contributed by atoms with van der Waals surface area (Å²) in [6.45, 7) is 7.50. The molecule has 2 amide bonds. The van der Waals surface area contributed by atoms with Crippen molar-refractivity contribution >= 4 is 22.0 Å². The number of ether oxygens (including phenoxy) is 5. The molecule has 0 spiro atoms. The van der Waals surface area contributed by atoms with Gasteiger partial charge in [-0.15, -0.1) is 0 Å². The molecule has 2 aliphatic rings. The molecule has 2 aromatic carbocycles. The molecule has 0 unspecified atom stereocenters. The van der Waals surface area contributed by atoms with Crippen LogP contribution in [-0.2, 0) is 35.4 Å². The van der Waals surface area contributed by atoms with Crippen LogP contribution in [-0.4, -0.2) is 95.8 Å². The zero-order chi connectivity index (χ0) is 34.7. The second-order valence-corrected chi connectivity index (χ2v) is 14.5. The number of nitrogens with one attached hydrogen (secondary N) is 2. The summed E-state index contributed by atoms with van der Waals surface area (Å²) < 4.78 is 56.9. The van der Waals surface area contributed by atoms with Gasteiger partial charge in [-0.05, 0) is 67.1 Å². The predicted octanol–water partition coefficient (Wildman–Crippen LogP) is 3.06. The Morgan fingerprint density at radius 2 is 1.75 bits per heavy atom. The Hall–Kier alpha value is -3.43. The van der Waals surface area contributed by atoms with Gasteiger partial charge in [0.25, 0.3) is 0 Å². The fourth-order valence-electron chi connectivity index (χ4n) is 5.77. The number of amides is 2. The maximum Gasteiger partial charge on any atom is 0.407 e. The quantitative estimate of drug-likeness (QED) is 0.198. The Bertz CT molecular complexity index is 1420. The topological polar surface area (TPSA) is 168 Å². The molecule has 2 saturated heterocycles. The largest absolute Gasteiger partial charge is 0.497 e. The van der Waals surface area contributed by atoms with Gasteiger partial charge in [-0.25, -0.2) is 13.2 Å². The first-order chi connectivity index (χ1) is 23.0. The molecule has 0 radical (unpaired) electrons. The molecule has 0 aliphatic carbocycles. The molecule has 0 aromatic heterocycles. The van der Waals surface area contributed by atoms with E-state index in [0.29, 0.717) is 44.1 Å². The number of nitrogens with zero attached hydrogens (tertiary/aromatic N) is 1. The van der Waals surface area contributed by atoms with Crippen LogP contribution < -0.4 is 25.8 Å². The monoisotopic (exact) mass is 690 g/mol. The fourth-order valence-corrected chi connectivity index (χ4v) is 7.41. The second kappa shape index (κ2) is 17.8. The van der Waals surface area contributed by atoms with E-state index in [2.05, 4.69) is 10.6 Å². The van der Waals surface area contributed by atoms with E-state index in [1.807, 2.05) is 32.9 Å². The van der Waals surface area contributed by atoms with Crippen molar-refractivity contribution in [1.29, 1.82) is 0 Å². The summed E-state index contributed by atoms with van der Waals surface area (Å²) in [6, 6.07) is 12.1. The fraction of sp³-hybridized carbons (Fsp3) is 0.588. The summed E-state index contributed by atoms with van der Waals surface area (Å²) in [4.78, 5) is 25.0. The summed E-state index contributed by atoms with van der Waals surface area (Å²) >= 11 is 0. The van der Waals surface area contributed by atoms with E-state index in [1.165, 1.54) is 23.5 Å². The van der Waals surface area contributed by atoms with Crippen LogP contribution in [0.5, 0.6) is 11.5 Å². The van der Waals surface area contributed by atoms with E-state index < -0.39 is 34.3 Å². The van der Waals surface area contributed by atoms with Crippen LogP contribution in [0.4, 0.5) is 4.79 Å². The number of carbonyl (C=O) groups is 2. The van der Waals surface area contributed by atoms with Crippen LogP contribution in [0.1, 0.15) is 45.6 Å². The number of hydrogen-bond acceptors (Lipinski definition) is 10. The highest BCUT2D eigenvalue weighted by atomic mass is 32.2. The zero-order valence-electron chi connectivity index (χ0n) is 28.3. The summed E-state index contributed by atoms with van der Waals surface area (Å²) in [5.74, 6) is 1.14. The average Bonchev–Trinajstić information content (AvgIpc) is 3.68. The molecule has 5 atom stereocenters. The van der Waals surface area contributed by atoms with Crippen molar-refractivity contribution in [1.82, 2.24) is 14.9 Å². The molecule has 13 nitrogen and oxygen atoms in total. The van der Waals surface area contributed by atoms with Crippen molar-refractivity contribution in [2.75, 3.05) is 46.6 Å². The molecule has 2 aliphatic heterocycles. The minimum atomic E-state index is -3.92. The van der Waals surface area contributed by atoms with Crippen LogP contribution in [0.2, 0.25) is 0 Å². The number of fused-ring (bicyclic) bond motifs is 1. The Kier molecular flexibility index (Phi) is 13.9. The van der Waals surface area contributed by atoms with E-state index in [1.54, 1.807) is 24.3 Å². The molecule has 2 aromatic rings. The van der Waals surface area contributed by atoms with E-state index in [4.69, 9.17) is 29.4 Å². The van der Waals surface area contributed by atoms with Crippen LogP contribution in [0.3, 0.4) is 0 Å². The highest BCUT2D eigenvalue weighted by molar-refractivity contribution is 7.89. The van der Waals surface area contributed by atoms with Gasteiger partial charge < -0.3 is 40.1 Å². The molecule has 48 heavy (non-hydrogen) atoms. The maximum atomic E-state index is 13.8. The van der Waals surface area contributed by atoms with E-state index in [-0.39, 0.29) is 48.6 Å². The summed E-state index contributed by atoms with van der Waals surface area (Å²) in [6.07, 6.45) is 0.815. The lowest BCUT2D eigenvalue weighted by atomic mass is 9.99. The van der Waals surface area contributed by atoms with E-state index >= 15 is 0 Å². The van der Waals surface area contributed by atoms with Gasteiger partial charge in [0.2, 0.25) is 15.9 Å².